The number of rotatable bonds is 9. The molecule has 0 saturated carbocycles. The van der Waals surface area contributed by atoms with E-state index in [9.17, 15) is 9.59 Å². The van der Waals surface area contributed by atoms with Crippen molar-refractivity contribution in [1.29, 1.82) is 0 Å². The Morgan fingerprint density at radius 1 is 1.00 bits per heavy atom. The van der Waals surface area contributed by atoms with Gasteiger partial charge in [0.25, 0.3) is 5.56 Å². The standard InChI is InChI=1S/C28H28N2O7S/c1-7-12-37-27(32)24-16(2)29-28-30(25(24)18-9-11-20(34-4)22(15-18)36-6)26(31)23(38-28)14-17-8-10-19(33-3)21(13-17)35-5/h7-11,13-15,25H,1,12H2,2-6H3/b23-14-. The first-order chi connectivity index (χ1) is 18.4. The van der Waals surface area contributed by atoms with Crippen LogP contribution in [0.15, 0.2) is 70.1 Å². The largest absolute Gasteiger partial charge is 0.493 e. The van der Waals surface area contributed by atoms with Crippen molar-refractivity contribution >= 4 is 23.4 Å². The number of thiazole rings is 1. The van der Waals surface area contributed by atoms with Crippen LogP contribution in [-0.4, -0.2) is 45.6 Å². The van der Waals surface area contributed by atoms with E-state index in [2.05, 4.69) is 11.6 Å². The van der Waals surface area contributed by atoms with Crippen LogP contribution in [0, 0.1) is 0 Å². The number of carbonyl (C=O) groups excluding carboxylic acids is 1. The third kappa shape index (κ3) is 4.95. The predicted molar refractivity (Wildman–Crippen MR) is 144 cm³/mol. The average molecular weight is 537 g/mol. The minimum Gasteiger partial charge on any atom is -0.493 e. The number of methoxy groups -OCH3 is 4. The Balaban J connectivity index is 1.94. The summed E-state index contributed by atoms with van der Waals surface area (Å²) in [6, 6.07) is 9.85. The van der Waals surface area contributed by atoms with Crippen molar-refractivity contribution < 1.29 is 28.5 Å². The smallest absolute Gasteiger partial charge is 0.338 e. The number of ether oxygens (including phenoxy) is 5. The zero-order valence-corrected chi connectivity index (χ0v) is 22.6. The minimum atomic E-state index is -0.795. The first-order valence-electron chi connectivity index (χ1n) is 11.6. The van der Waals surface area contributed by atoms with Gasteiger partial charge in [-0.05, 0) is 48.4 Å². The van der Waals surface area contributed by atoms with E-state index in [-0.39, 0.29) is 17.7 Å². The third-order valence-corrected chi connectivity index (χ3v) is 6.99. The third-order valence-electron chi connectivity index (χ3n) is 6.00. The van der Waals surface area contributed by atoms with E-state index in [1.54, 1.807) is 57.6 Å². The topological polar surface area (TPSA) is 97.6 Å². The lowest BCUT2D eigenvalue weighted by Crippen LogP contribution is -2.40. The molecule has 3 aromatic rings. The van der Waals surface area contributed by atoms with Crippen molar-refractivity contribution in [3.63, 3.8) is 0 Å². The monoisotopic (exact) mass is 536 g/mol. The van der Waals surface area contributed by atoms with Crippen LogP contribution in [0.25, 0.3) is 6.08 Å². The van der Waals surface area contributed by atoms with Gasteiger partial charge in [-0.25, -0.2) is 9.79 Å². The van der Waals surface area contributed by atoms with Crippen molar-refractivity contribution in [3.05, 3.63) is 91.1 Å². The van der Waals surface area contributed by atoms with Crippen LogP contribution >= 0.6 is 11.3 Å². The highest BCUT2D eigenvalue weighted by atomic mass is 32.1. The molecule has 198 valence electrons. The Morgan fingerprint density at radius 2 is 1.63 bits per heavy atom. The molecular formula is C28H28N2O7S. The Morgan fingerprint density at radius 3 is 2.26 bits per heavy atom. The molecule has 2 heterocycles. The molecule has 9 nitrogen and oxygen atoms in total. The zero-order chi connectivity index (χ0) is 27.4. The normalized spacial score (nSPS) is 14.9. The van der Waals surface area contributed by atoms with E-state index in [1.165, 1.54) is 36.2 Å². The van der Waals surface area contributed by atoms with Gasteiger partial charge in [-0.1, -0.05) is 36.1 Å². The van der Waals surface area contributed by atoms with Gasteiger partial charge < -0.3 is 23.7 Å². The van der Waals surface area contributed by atoms with Gasteiger partial charge >= 0.3 is 5.97 Å². The zero-order valence-electron chi connectivity index (χ0n) is 21.8. The number of carbonyl (C=O) groups is 1. The van der Waals surface area contributed by atoms with Crippen LogP contribution in [0.4, 0.5) is 0 Å². The molecule has 10 heteroatoms. The molecule has 1 aliphatic heterocycles. The van der Waals surface area contributed by atoms with E-state index < -0.39 is 12.0 Å². The quantitative estimate of drug-likeness (QED) is 0.306. The van der Waals surface area contributed by atoms with Crippen LogP contribution in [0.2, 0.25) is 0 Å². The second-order valence-electron chi connectivity index (χ2n) is 8.20. The Labute approximate surface area is 223 Å². The molecular weight excluding hydrogens is 508 g/mol. The molecule has 1 aromatic heterocycles. The second-order valence-corrected chi connectivity index (χ2v) is 9.21. The van der Waals surface area contributed by atoms with E-state index >= 15 is 0 Å². The lowest BCUT2D eigenvalue weighted by Gasteiger charge is -2.25. The molecule has 2 aromatic carbocycles. The lowest BCUT2D eigenvalue weighted by molar-refractivity contribution is -0.138. The van der Waals surface area contributed by atoms with Crippen molar-refractivity contribution in [2.75, 3.05) is 35.0 Å². The van der Waals surface area contributed by atoms with Gasteiger partial charge in [0.1, 0.15) is 6.61 Å². The summed E-state index contributed by atoms with van der Waals surface area (Å²) in [4.78, 5) is 32.1. The van der Waals surface area contributed by atoms with E-state index in [1.807, 2.05) is 6.07 Å². The predicted octanol–water partition coefficient (Wildman–Crippen LogP) is 3.00. The van der Waals surface area contributed by atoms with Gasteiger partial charge in [0.05, 0.1) is 50.3 Å². The fourth-order valence-corrected chi connectivity index (χ4v) is 5.27. The van der Waals surface area contributed by atoms with Crippen molar-refractivity contribution in [1.82, 2.24) is 4.57 Å². The van der Waals surface area contributed by atoms with Crippen LogP contribution in [0.3, 0.4) is 0 Å². The van der Waals surface area contributed by atoms with Gasteiger partial charge in [0, 0.05) is 0 Å². The van der Waals surface area contributed by atoms with Crippen molar-refractivity contribution in [2.45, 2.75) is 13.0 Å². The SMILES string of the molecule is C=CCOC(=O)C1=C(C)N=c2s/c(=C\c3ccc(OC)c(OC)c3)c(=O)n2C1c1ccc(OC)c(OC)c1. The molecule has 1 unspecified atom stereocenters. The number of hydrogen-bond acceptors (Lipinski definition) is 9. The van der Waals surface area contributed by atoms with E-state index in [4.69, 9.17) is 23.7 Å². The summed E-state index contributed by atoms with van der Waals surface area (Å²) in [6.07, 6.45) is 3.24. The molecule has 0 fully saturated rings. The van der Waals surface area contributed by atoms with Crippen LogP contribution in [-0.2, 0) is 9.53 Å². The summed E-state index contributed by atoms with van der Waals surface area (Å²) in [6.45, 7) is 5.36. The number of allylic oxidation sites excluding steroid dienone is 1. The molecule has 0 spiro atoms. The fraction of sp³-hybridized carbons (Fsp3) is 0.250. The summed E-state index contributed by atoms with van der Waals surface area (Å²) < 4.78 is 28.9. The maximum atomic E-state index is 13.8. The molecule has 1 aliphatic rings. The van der Waals surface area contributed by atoms with Crippen LogP contribution in [0.5, 0.6) is 23.0 Å². The van der Waals surface area contributed by atoms with Crippen LogP contribution < -0.4 is 33.8 Å². The van der Waals surface area contributed by atoms with Crippen LogP contribution in [0.1, 0.15) is 24.1 Å². The maximum Gasteiger partial charge on any atom is 0.338 e. The molecule has 0 aliphatic carbocycles. The molecule has 0 radical (unpaired) electrons. The summed E-state index contributed by atoms with van der Waals surface area (Å²) in [5.41, 5.74) is 1.80. The molecule has 1 atom stereocenters. The van der Waals surface area contributed by atoms with Gasteiger partial charge in [0.2, 0.25) is 0 Å². The summed E-state index contributed by atoms with van der Waals surface area (Å²) >= 11 is 1.23. The molecule has 0 bridgehead atoms. The molecule has 0 N–H and O–H groups in total. The Hall–Kier alpha value is -4.31. The number of esters is 1. The lowest BCUT2D eigenvalue weighted by atomic mass is 9.95. The summed E-state index contributed by atoms with van der Waals surface area (Å²) in [5.74, 6) is 1.53. The molecule has 38 heavy (non-hydrogen) atoms. The van der Waals surface area contributed by atoms with Crippen molar-refractivity contribution in [2.24, 2.45) is 4.99 Å². The van der Waals surface area contributed by atoms with E-state index in [0.717, 1.165) is 5.56 Å². The first-order valence-corrected chi connectivity index (χ1v) is 12.4. The number of benzene rings is 2. The molecule has 4 rings (SSSR count). The molecule has 0 amide bonds. The number of nitrogens with zero attached hydrogens (tertiary/aromatic N) is 2. The second kappa shape index (κ2) is 11.4. The maximum absolute atomic E-state index is 13.8. The first kappa shape index (κ1) is 26.7. The highest BCUT2D eigenvalue weighted by Gasteiger charge is 2.34. The summed E-state index contributed by atoms with van der Waals surface area (Å²) in [5, 5.41) is 0. The van der Waals surface area contributed by atoms with E-state index in [0.29, 0.717) is 43.6 Å². The number of aromatic nitrogens is 1. The average Bonchev–Trinajstić information content (AvgIpc) is 3.24. The fourth-order valence-electron chi connectivity index (χ4n) is 4.23. The minimum absolute atomic E-state index is 0.0258. The van der Waals surface area contributed by atoms with Crippen molar-refractivity contribution in [3.8, 4) is 23.0 Å². The molecule has 0 saturated heterocycles. The van der Waals surface area contributed by atoms with Gasteiger partial charge in [0.15, 0.2) is 27.8 Å². The number of fused-ring (bicyclic) bond motifs is 1. The summed E-state index contributed by atoms with van der Waals surface area (Å²) in [7, 11) is 6.17. The number of hydrogen-bond donors (Lipinski definition) is 0. The van der Waals surface area contributed by atoms with Gasteiger partial charge in [-0.15, -0.1) is 0 Å². The highest BCUT2D eigenvalue weighted by molar-refractivity contribution is 7.07. The van der Waals surface area contributed by atoms with Gasteiger partial charge in [-0.3, -0.25) is 9.36 Å². The van der Waals surface area contributed by atoms with Gasteiger partial charge in [-0.2, -0.15) is 0 Å². The Kier molecular flexibility index (Phi) is 8.02. The highest BCUT2D eigenvalue weighted by Crippen LogP contribution is 2.36. The Bertz CT molecular complexity index is 1600.